The first-order valence-electron chi connectivity index (χ1n) is 5.50. The van der Waals surface area contributed by atoms with E-state index in [1.165, 1.54) is 12.1 Å². The fourth-order valence-electron chi connectivity index (χ4n) is 1.64. The predicted octanol–water partition coefficient (Wildman–Crippen LogP) is 0.262. The van der Waals surface area contributed by atoms with Crippen molar-refractivity contribution >= 4 is 21.4 Å². The Balaban J connectivity index is 2.22. The maximum atomic E-state index is 11.3. The number of nitrogen functional groups attached to an aromatic ring is 1. The number of nitrogens with two attached hydrogens (primary N) is 2. The Hall–Kier alpha value is -2.06. The van der Waals surface area contributed by atoms with Crippen LogP contribution in [0.25, 0.3) is 0 Å². The van der Waals surface area contributed by atoms with E-state index in [9.17, 15) is 8.42 Å². The molecule has 2 rings (SSSR count). The Labute approximate surface area is 111 Å². The van der Waals surface area contributed by atoms with E-state index in [0.717, 1.165) is 5.82 Å². The number of imidazole rings is 1. The SMILES string of the molecule is Cn1ccnc1CNc1cc(N)cc(S(N)(=O)=O)c1. The lowest BCUT2D eigenvalue weighted by Crippen LogP contribution is -2.13. The molecule has 0 fully saturated rings. The van der Waals surface area contributed by atoms with Crippen LogP contribution in [0.3, 0.4) is 0 Å². The van der Waals surface area contributed by atoms with E-state index in [-0.39, 0.29) is 4.90 Å². The molecule has 0 aliphatic rings. The summed E-state index contributed by atoms with van der Waals surface area (Å²) in [6.45, 7) is 0.455. The number of nitrogens with one attached hydrogen (secondary N) is 1. The molecule has 1 aromatic heterocycles. The summed E-state index contributed by atoms with van der Waals surface area (Å²) in [5.41, 5.74) is 6.56. The number of primary sulfonamides is 1. The van der Waals surface area contributed by atoms with E-state index < -0.39 is 10.0 Å². The van der Waals surface area contributed by atoms with E-state index >= 15 is 0 Å². The van der Waals surface area contributed by atoms with E-state index in [0.29, 0.717) is 17.9 Å². The molecule has 0 aliphatic heterocycles. The maximum absolute atomic E-state index is 11.3. The van der Waals surface area contributed by atoms with Crippen LogP contribution >= 0.6 is 0 Å². The highest BCUT2D eigenvalue weighted by molar-refractivity contribution is 7.89. The molecule has 0 saturated carbocycles. The number of aryl methyl sites for hydroxylation is 1. The Morgan fingerprint density at radius 1 is 1.37 bits per heavy atom. The third kappa shape index (κ3) is 3.24. The number of hydrogen-bond acceptors (Lipinski definition) is 5. The Morgan fingerprint density at radius 3 is 2.68 bits per heavy atom. The van der Waals surface area contributed by atoms with Crippen LogP contribution in [0.2, 0.25) is 0 Å². The first-order chi connectivity index (χ1) is 8.86. The fraction of sp³-hybridized carbons (Fsp3) is 0.182. The van der Waals surface area contributed by atoms with Crippen LogP contribution in [-0.4, -0.2) is 18.0 Å². The molecule has 1 aromatic carbocycles. The third-order valence-corrected chi connectivity index (χ3v) is 3.52. The summed E-state index contributed by atoms with van der Waals surface area (Å²) < 4.78 is 24.5. The van der Waals surface area contributed by atoms with Crippen molar-refractivity contribution < 1.29 is 8.42 Å². The van der Waals surface area contributed by atoms with Crippen LogP contribution in [0.4, 0.5) is 11.4 Å². The number of nitrogens with zero attached hydrogens (tertiary/aromatic N) is 2. The summed E-state index contributed by atoms with van der Waals surface area (Å²) in [4.78, 5) is 4.13. The monoisotopic (exact) mass is 281 g/mol. The molecule has 0 atom stereocenters. The van der Waals surface area contributed by atoms with Crippen molar-refractivity contribution in [2.45, 2.75) is 11.4 Å². The summed E-state index contributed by atoms with van der Waals surface area (Å²) in [6, 6.07) is 4.40. The zero-order chi connectivity index (χ0) is 14.0. The minimum atomic E-state index is -3.77. The van der Waals surface area contributed by atoms with Crippen LogP contribution in [-0.2, 0) is 23.6 Å². The normalized spacial score (nSPS) is 11.5. The van der Waals surface area contributed by atoms with Crippen molar-refractivity contribution in [2.24, 2.45) is 12.2 Å². The summed E-state index contributed by atoms with van der Waals surface area (Å²) in [6.07, 6.45) is 3.51. The smallest absolute Gasteiger partial charge is 0.238 e. The molecule has 1 heterocycles. The van der Waals surface area contributed by atoms with Crippen LogP contribution in [0.1, 0.15) is 5.82 Å². The van der Waals surface area contributed by atoms with Gasteiger partial charge in [0.1, 0.15) is 5.82 Å². The molecule has 8 heteroatoms. The highest BCUT2D eigenvalue weighted by Gasteiger charge is 2.10. The standard InChI is InChI=1S/C11H15N5O2S/c1-16-3-2-14-11(16)7-15-9-4-8(12)5-10(6-9)19(13,17)18/h2-6,15H,7,12H2,1H3,(H2,13,17,18). The molecule has 0 aliphatic carbocycles. The molecule has 0 bridgehead atoms. The van der Waals surface area contributed by atoms with Crippen molar-refractivity contribution in [2.75, 3.05) is 11.1 Å². The first kappa shape index (κ1) is 13.4. The predicted molar refractivity (Wildman–Crippen MR) is 72.8 cm³/mol. The lowest BCUT2D eigenvalue weighted by molar-refractivity contribution is 0.598. The highest BCUT2D eigenvalue weighted by Crippen LogP contribution is 2.20. The van der Waals surface area contributed by atoms with Crippen molar-refractivity contribution in [3.8, 4) is 0 Å². The minimum absolute atomic E-state index is 0.0187. The number of anilines is 2. The van der Waals surface area contributed by atoms with Crippen LogP contribution in [0.15, 0.2) is 35.5 Å². The Kier molecular flexibility index (Phi) is 3.45. The lowest BCUT2D eigenvalue weighted by Gasteiger charge is -2.09. The number of hydrogen-bond donors (Lipinski definition) is 3. The van der Waals surface area contributed by atoms with Crippen LogP contribution in [0, 0.1) is 0 Å². The van der Waals surface area contributed by atoms with Crippen LogP contribution in [0.5, 0.6) is 0 Å². The fourth-order valence-corrected chi connectivity index (χ4v) is 2.23. The lowest BCUT2D eigenvalue weighted by atomic mass is 10.3. The van der Waals surface area contributed by atoms with Gasteiger partial charge in [-0.05, 0) is 18.2 Å². The van der Waals surface area contributed by atoms with Crippen molar-refractivity contribution in [1.29, 1.82) is 0 Å². The molecule has 2 aromatic rings. The molecular formula is C11H15N5O2S. The van der Waals surface area contributed by atoms with E-state index in [2.05, 4.69) is 10.3 Å². The topological polar surface area (TPSA) is 116 Å². The van der Waals surface area contributed by atoms with Gasteiger partial charge in [-0.2, -0.15) is 0 Å². The molecular weight excluding hydrogens is 266 g/mol. The Bertz CT molecular complexity index is 693. The van der Waals surface area contributed by atoms with Gasteiger partial charge in [-0.3, -0.25) is 0 Å². The number of sulfonamides is 1. The van der Waals surface area contributed by atoms with Crippen molar-refractivity contribution in [1.82, 2.24) is 9.55 Å². The highest BCUT2D eigenvalue weighted by atomic mass is 32.2. The molecule has 7 nitrogen and oxygen atoms in total. The second-order valence-electron chi connectivity index (χ2n) is 4.14. The number of rotatable bonds is 4. The van der Waals surface area contributed by atoms with Gasteiger partial charge < -0.3 is 15.6 Å². The summed E-state index contributed by atoms with van der Waals surface area (Å²) in [7, 11) is -1.89. The van der Waals surface area contributed by atoms with Crippen LogP contribution < -0.4 is 16.2 Å². The van der Waals surface area contributed by atoms with Gasteiger partial charge in [0.25, 0.3) is 0 Å². The molecule has 0 amide bonds. The van der Waals surface area contributed by atoms with E-state index in [1.807, 2.05) is 17.8 Å². The van der Waals surface area contributed by atoms with Gasteiger partial charge in [0, 0.05) is 30.8 Å². The Morgan fingerprint density at radius 2 is 2.11 bits per heavy atom. The minimum Gasteiger partial charge on any atom is -0.399 e. The van der Waals surface area contributed by atoms with Gasteiger partial charge in [-0.25, -0.2) is 18.5 Å². The van der Waals surface area contributed by atoms with Gasteiger partial charge in [0.15, 0.2) is 0 Å². The second-order valence-corrected chi connectivity index (χ2v) is 5.71. The summed E-state index contributed by atoms with van der Waals surface area (Å²) in [5.74, 6) is 0.819. The van der Waals surface area contributed by atoms with Gasteiger partial charge >= 0.3 is 0 Å². The van der Waals surface area contributed by atoms with Gasteiger partial charge in [-0.1, -0.05) is 0 Å². The summed E-state index contributed by atoms with van der Waals surface area (Å²) in [5, 5.41) is 8.14. The zero-order valence-corrected chi connectivity index (χ0v) is 11.2. The molecule has 0 radical (unpaired) electrons. The molecule has 0 saturated heterocycles. The average Bonchev–Trinajstić information content (AvgIpc) is 2.70. The largest absolute Gasteiger partial charge is 0.399 e. The summed E-state index contributed by atoms with van der Waals surface area (Å²) >= 11 is 0. The van der Waals surface area contributed by atoms with Crippen molar-refractivity contribution in [3.63, 3.8) is 0 Å². The number of benzene rings is 1. The van der Waals surface area contributed by atoms with Crippen molar-refractivity contribution in [3.05, 3.63) is 36.4 Å². The zero-order valence-electron chi connectivity index (χ0n) is 10.4. The molecule has 0 unspecified atom stereocenters. The second kappa shape index (κ2) is 4.90. The maximum Gasteiger partial charge on any atom is 0.238 e. The molecule has 5 N–H and O–H groups in total. The average molecular weight is 281 g/mol. The third-order valence-electron chi connectivity index (χ3n) is 2.63. The number of aromatic nitrogens is 2. The molecule has 19 heavy (non-hydrogen) atoms. The van der Waals surface area contributed by atoms with Gasteiger partial charge in [0.2, 0.25) is 10.0 Å². The van der Waals surface area contributed by atoms with Gasteiger partial charge in [-0.15, -0.1) is 0 Å². The van der Waals surface area contributed by atoms with Gasteiger partial charge in [0.05, 0.1) is 11.4 Å². The molecule has 102 valence electrons. The van der Waals surface area contributed by atoms with E-state index in [4.69, 9.17) is 10.9 Å². The quantitative estimate of drug-likeness (QED) is 0.695. The first-order valence-corrected chi connectivity index (χ1v) is 7.04. The molecule has 0 spiro atoms. The van der Waals surface area contributed by atoms with E-state index in [1.54, 1.807) is 12.3 Å².